The Morgan fingerprint density at radius 2 is 1.88 bits per heavy atom. The Labute approximate surface area is 154 Å². The largest absolute Gasteiger partial charge is 0.311 e. The lowest BCUT2D eigenvalue weighted by molar-refractivity contribution is -0.121. The molecule has 0 saturated carbocycles. The number of hydrogen-bond donors (Lipinski definition) is 1. The van der Waals surface area contributed by atoms with E-state index in [0.29, 0.717) is 11.4 Å². The number of rotatable bonds is 6. The van der Waals surface area contributed by atoms with E-state index in [2.05, 4.69) is 5.32 Å². The minimum Gasteiger partial charge on any atom is -0.311 e. The van der Waals surface area contributed by atoms with Gasteiger partial charge in [-0.2, -0.15) is 0 Å². The molecule has 0 aliphatic carbocycles. The van der Waals surface area contributed by atoms with Crippen LogP contribution in [0.4, 0.5) is 5.69 Å². The molecule has 0 bridgehead atoms. The first-order chi connectivity index (χ1) is 12.5. The summed E-state index contributed by atoms with van der Waals surface area (Å²) in [4.78, 5) is 14.9. The second-order valence-electron chi connectivity index (χ2n) is 6.61. The molecule has 1 N–H and O–H groups in total. The van der Waals surface area contributed by atoms with E-state index in [-0.39, 0.29) is 24.2 Å². The molecule has 1 aliphatic heterocycles. The Balaban J connectivity index is 1.61. The quantitative estimate of drug-likeness (QED) is 0.846. The molecule has 0 spiro atoms. The van der Waals surface area contributed by atoms with Crippen LogP contribution in [-0.4, -0.2) is 39.2 Å². The van der Waals surface area contributed by atoms with Crippen molar-refractivity contribution in [3.05, 3.63) is 60.2 Å². The van der Waals surface area contributed by atoms with Crippen LogP contribution in [0.3, 0.4) is 0 Å². The average molecular weight is 372 g/mol. The van der Waals surface area contributed by atoms with E-state index in [4.69, 9.17) is 0 Å². The van der Waals surface area contributed by atoms with Crippen molar-refractivity contribution < 1.29 is 13.2 Å². The van der Waals surface area contributed by atoms with Crippen molar-refractivity contribution in [1.82, 2.24) is 5.32 Å². The highest BCUT2D eigenvalue weighted by Crippen LogP contribution is 2.22. The SMILES string of the molecule is Cc1cccc(N2CCCC(NCCS(=O)(=O)c3ccccc3)C2=O)c1. The Morgan fingerprint density at radius 1 is 1.12 bits per heavy atom. The van der Waals surface area contributed by atoms with Gasteiger partial charge in [0.25, 0.3) is 0 Å². The number of anilines is 1. The van der Waals surface area contributed by atoms with Crippen LogP contribution in [-0.2, 0) is 14.6 Å². The first kappa shape index (κ1) is 18.6. The van der Waals surface area contributed by atoms with Gasteiger partial charge in [-0.1, -0.05) is 30.3 Å². The number of nitrogens with zero attached hydrogens (tertiary/aromatic N) is 1. The monoisotopic (exact) mass is 372 g/mol. The summed E-state index contributed by atoms with van der Waals surface area (Å²) in [5.74, 6) is -0.00966. The molecule has 1 atom stereocenters. The molecule has 2 aromatic rings. The second kappa shape index (κ2) is 8.01. The number of sulfone groups is 1. The predicted molar refractivity (Wildman–Crippen MR) is 103 cm³/mol. The zero-order chi connectivity index (χ0) is 18.6. The van der Waals surface area contributed by atoms with Gasteiger partial charge in [-0.25, -0.2) is 8.42 Å². The number of aryl methyl sites for hydroxylation is 1. The molecule has 1 fully saturated rings. The van der Waals surface area contributed by atoms with Gasteiger partial charge in [-0.05, 0) is 49.6 Å². The van der Waals surface area contributed by atoms with Gasteiger partial charge in [0.1, 0.15) is 0 Å². The summed E-state index contributed by atoms with van der Waals surface area (Å²) in [7, 11) is -3.34. The maximum atomic E-state index is 12.8. The Morgan fingerprint density at radius 3 is 2.62 bits per heavy atom. The standard InChI is InChI=1S/C20H24N2O3S/c1-16-7-5-8-17(15-16)22-13-6-11-19(20(22)23)21-12-14-26(24,25)18-9-3-2-4-10-18/h2-5,7-10,15,19,21H,6,11-14H2,1H3. The molecule has 0 radical (unpaired) electrons. The summed E-state index contributed by atoms with van der Waals surface area (Å²) >= 11 is 0. The topological polar surface area (TPSA) is 66.5 Å². The molecule has 3 rings (SSSR count). The van der Waals surface area contributed by atoms with Crippen LogP contribution in [0.25, 0.3) is 0 Å². The minimum atomic E-state index is -3.34. The van der Waals surface area contributed by atoms with Gasteiger partial charge in [0.05, 0.1) is 16.7 Å². The Hall–Kier alpha value is -2.18. The van der Waals surface area contributed by atoms with E-state index in [0.717, 1.165) is 24.1 Å². The van der Waals surface area contributed by atoms with Gasteiger partial charge < -0.3 is 10.2 Å². The molecular weight excluding hydrogens is 348 g/mol. The zero-order valence-electron chi connectivity index (χ0n) is 14.9. The molecule has 0 aromatic heterocycles. The van der Waals surface area contributed by atoms with E-state index in [9.17, 15) is 13.2 Å². The lowest BCUT2D eigenvalue weighted by atomic mass is 10.0. The van der Waals surface area contributed by atoms with Crippen molar-refractivity contribution >= 4 is 21.4 Å². The highest BCUT2D eigenvalue weighted by molar-refractivity contribution is 7.91. The van der Waals surface area contributed by atoms with E-state index < -0.39 is 9.84 Å². The predicted octanol–water partition coefficient (Wildman–Crippen LogP) is 2.55. The van der Waals surface area contributed by atoms with Crippen molar-refractivity contribution in [3.8, 4) is 0 Å². The van der Waals surface area contributed by atoms with Crippen LogP contribution in [0, 0.1) is 6.92 Å². The van der Waals surface area contributed by atoms with Crippen LogP contribution in [0.1, 0.15) is 18.4 Å². The Bertz CT molecular complexity index is 866. The van der Waals surface area contributed by atoms with Crippen LogP contribution < -0.4 is 10.2 Å². The molecule has 2 aromatic carbocycles. The van der Waals surface area contributed by atoms with E-state index in [1.165, 1.54) is 0 Å². The lowest BCUT2D eigenvalue weighted by Crippen LogP contribution is -2.51. The lowest BCUT2D eigenvalue weighted by Gasteiger charge is -2.33. The normalized spacial score (nSPS) is 18.1. The van der Waals surface area contributed by atoms with Gasteiger partial charge >= 0.3 is 0 Å². The second-order valence-corrected chi connectivity index (χ2v) is 8.72. The fourth-order valence-corrected chi connectivity index (χ4v) is 4.42. The van der Waals surface area contributed by atoms with Gasteiger partial charge in [0, 0.05) is 18.8 Å². The summed E-state index contributed by atoms with van der Waals surface area (Å²) in [5.41, 5.74) is 2.01. The number of carbonyl (C=O) groups is 1. The van der Waals surface area contributed by atoms with Crippen LogP contribution >= 0.6 is 0 Å². The summed E-state index contributed by atoms with van der Waals surface area (Å²) in [6.07, 6.45) is 1.62. The molecule has 26 heavy (non-hydrogen) atoms. The van der Waals surface area contributed by atoms with E-state index >= 15 is 0 Å². The fourth-order valence-electron chi connectivity index (χ4n) is 3.23. The molecule has 6 heteroatoms. The summed E-state index contributed by atoms with van der Waals surface area (Å²) < 4.78 is 24.7. The molecule has 1 unspecified atom stereocenters. The van der Waals surface area contributed by atoms with Crippen LogP contribution in [0.5, 0.6) is 0 Å². The fraction of sp³-hybridized carbons (Fsp3) is 0.350. The third-order valence-corrected chi connectivity index (χ3v) is 6.35. The zero-order valence-corrected chi connectivity index (χ0v) is 15.7. The molecule has 1 heterocycles. The molecule has 5 nitrogen and oxygen atoms in total. The highest BCUT2D eigenvalue weighted by atomic mass is 32.2. The first-order valence-electron chi connectivity index (χ1n) is 8.86. The number of nitrogens with one attached hydrogen (secondary N) is 1. The van der Waals surface area contributed by atoms with Crippen LogP contribution in [0.15, 0.2) is 59.5 Å². The molecule has 1 saturated heterocycles. The molecule has 1 amide bonds. The van der Waals surface area contributed by atoms with Crippen molar-refractivity contribution in [1.29, 1.82) is 0 Å². The molecule has 138 valence electrons. The van der Waals surface area contributed by atoms with Crippen LogP contribution in [0.2, 0.25) is 0 Å². The summed E-state index contributed by atoms with van der Waals surface area (Å²) in [6.45, 7) is 2.96. The molecular formula is C20H24N2O3S. The first-order valence-corrected chi connectivity index (χ1v) is 10.5. The van der Waals surface area contributed by atoms with Gasteiger partial charge in [-0.15, -0.1) is 0 Å². The summed E-state index contributed by atoms with van der Waals surface area (Å²) in [5, 5.41) is 3.14. The van der Waals surface area contributed by atoms with Gasteiger partial charge in [0.15, 0.2) is 9.84 Å². The van der Waals surface area contributed by atoms with Gasteiger partial charge in [-0.3, -0.25) is 4.79 Å². The van der Waals surface area contributed by atoms with Gasteiger partial charge in [0.2, 0.25) is 5.91 Å². The average Bonchev–Trinajstić information content (AvgIpc) is 2.64. The highest BCUT2D eigenvalue weighted by Gasteiger charge is 2.29. The maximum absolute atomic E-state index is 12.8. The van der Waals surface area contributed by atoms with Crippen molar-refractivity contribution in [2.24, 2.45) is 0 Å². The smallest absolute Gasteiger partial charge is 0.244 e. The number of hydrogen-bond acceptors (Lipinski definition) is 4. The molecule has 1 aliphatic rings. The van der Waals surface area contributed by atoms with Crippen molar-refractivity contribution in [2.75, 3.05) is 23.7 Å². The number of benzene rings is 2. The number of piperidine rings is 1. The third kappa shape index (κ3) is 4.31. The van der Waals surface area contributed by atoms with E-state index in [1.807, 2.05) is 31.2 Å². The number of amides is 1. The number of carbonyl (C=O) groups excluding carboxylic acids is 1. The Kier molecular flexibility index (Phi) is 5.74. The summed E-state index contributed by atoms with van der Waals surface area (Å²) in [6, 6.07) is 16.0. The third-order valence-electron chi connectivity index (χ3n) is 4.62. The van der Waals surface area contributed by atoms with Crippen molar-refractivity contribution in [3.63, 3.8) is 0 Å². The van der Waals surface area contributed by atoms with E-state index in [1.54, 1.807) is 35.2 Å². The van der Waals surface area contributed by atoms with Crippen molar-refractivity contribution in [2.45, 2.75) is 30.7 Å². The minimum absolute atomic E-state index is 0.0129. The maximum Gasteiger partial charge on any atom is 0.244 e.